The number of rotatable bonds is 3. The summed E-state index contributed by atoms with van der Waals surface area (Å²) in [7, 11) is 2.06. The molecule has 0 unspecified atom stereocenters. The fourth-order valence-electron chi connectivity index (χ4n) is 4.65. The Morgan fingerprint density at radius 2 is 2.03 bits per heavy atom. The predicted molar refractivity (Wildman–Crippen MR) is 119 cm³/mol. The van der Waals surface area contributed by atoms with Crippen LogP contribution in [0.3, 0.4) is 0 Å². The van der Waals surface area contributed by atoms with E-state index in [2.05, 4.69) is 41.7 Å². The topological polar surface area (TPSA) is 77.1 Å². The molecule has 5 rings (SSSR count). The van der Waals surface area contributed by atoms with Crippen molar-refractivity contribution < 1.29 is 9.32 Å². The molecule has 0 aliphatic carbocycles. The maximum Gasteiger partial charge on any atom is 0.259 e. The number of carbonyl (C=O) groups excluding carboxylic acids is 1. The van der Waals surface area contributed by atoms with Crippen LogP contribution in [0, 0.1) is 6.92 Å². The van der Waals surface area contributed by atoms with Gasteiger partial charge in [-0.1, -0.05) is 31.1 Å². The van der Waals surface area contributed by atoms with E-state index < -0.39 is 0 Å². The van der Waals surface area contributed by atoms with E-state index in [1.165, 1.54) is 0 Å². The SMILES string of the molecule is Cc1noc2nc(C(C)C)cc(C(=O)N3CCC[C@@H](c4nc5ccccc5n4C)C3)c12. The van der Waals surface area contributed by atoms with E-state index in [0.717, 1.165) is 47.3 Å². The number of nitrogens with zero attached hydrogens (tertiary/aromatic N) is 5. The summed E-state index contributed by atoms with van der Waals surface area (Å²) in [6.07, 6.45) is 1.98. The number of hydrogen-bond donors (Lipinski definition) is 0. The van der Waals surface area contributed by atoms with E-state index in [1.807, 2.05) is 36.1 Å². The zero-order chi connectivity index (χ0) is 21.7. The summed E-state index contributed by atoms with van der Waals surface area (Å²) < 4.78 is 7.58. The molecule has 0 spiro atoms. The van der Waals surface area contributed by atoms with Crippen molar-refractivity contribution in [3.8, 4) is 0 Å². The number of benzene rings is 1. The van der Waals surface area contributed by atoms with Crippen LogP contribution in [0.2, 0.25) is 0 Å². The van der Waals surface area contributed by atoms with Gasteiger partial charge in [0.2, 0.25) is 0 Å². The van der Waals surface area contributed by atoms with Crippen LogP contribution >= 0.6 is 0 Å². The standard InChI is InChI=1S/C24H27N5O2/c1-14(2)19-12-17(21-15(3)27-31-23(21)26-19)24(30)29-11-7-8-16(13-29)22-25-18-9-5-6-10-20(18)28(22)4/h5-6,9-10,12,14,16H,7-8,11,13H2,1-4H3/t16-/m1/s1. The normalized spacial score (nSPS) is 17.2. The first-order valence-corrected chi connectivity index (χ1v) is 10.9. The van der Waals surface area contributed by atoms with Gasteiger partial charge in [0.25, 0.3) is 11.6 Å². The Morgan fingerprint density at radius 3 is 2.81 bits per heavy atom. The second-order valence-electron chi connectivity index (χ2n) is 8.81. The number of pyridine rings is 1. The summed E-state index contributed by atoms with van der Waals surface area (Å²) in [5.41, 5.74) is 4.74. The van der Waals surface area contributed by atoms with E-state index in [0.29, 0.717) is 23.5 Å². The van der Waals surface area contributed by atoms with Crippen molar-refractivity contribution in [1.29, 1.82) is 0 Å². The highest BCUT2D eigenvalue weighted by Gasteiger charge is 2.30. The largest absolute Gasteiger partial charge is 0.338 e. The molecule has 7 nitrogen and oxygen atoms in total. The summed E-state index contributed by atoms with van der Waals surface area (Å²) in [5, 5.41) is 4.78. The number of aromatic nitrogens is 4. The molecule has 160 valence electrons. The molecule has 1 aromatic carbocycles. The van der Waals surface area contributed by atoms with Crippen molar-refractivity contribution in [3.63, 3.8) is 0 Å². The van der Waals surface area contributed by atoms with Crippen molar-refractivity contribution in [2.75, 3.05) is 13.1 Å². The van der Waals surface area contributed by atoms with Crippen molar-refractivity contribution in [3.05, 3.63) is 53.1 Å². The van der Waals surface area contributed by atoms with Gasteiger partial charge in [-0.25, -0.2) is 9.97 Å². The van der Waals surface area contributed by atoms with Crippen LogP contribution in [-0.2, 0) is 7.05 Å². The molecule has 1 saturated heterocycles. The molecule has 3 aromatic heterocycles. The Morgan fingerprint density at radius 1 is 1.23 bits per heavy atom. The van der Waals surface area contributed by atoms with Gasteiger partial charge in [0.05, 0.1) is 27.7 Å². The van der Waals surface area contributed by atoms with Gasteiger partial charge in [-0.05, 0) is 43.9 Å². The number of fused-ring (bicyclic) bond motifs is 2. The average Bonchev–Trinajstić information content (AvgIpc) is 3.33. The molecule has 1 aliphatic rings. The zero-order valence-electron chi connectivity index (χ0n) is 18.4. The van der Waals surface area contributed by atoms with Crippen LogP contribution in [0.15, 0.2) is 34.9 Å². The Labute approximate surface area is 181 Å². The number of aryl methyl sites for hydroxylation is 2. The Balaban J connectivity index is 1.50. The number of amides is 1. The van der Waals surface area contributed by atoms with Crippen LogP contribution < -0.4 is 0 Å². The van der Waals surface area contributed by atoms with E-state index in [4.69, 9.17) is 9.51 Å². The predicted octanol–water partition coefficient (Wildman–Crippen LogP) is 4.56. The van der Waals surface area contributed by atoms with Crippen molar-refractivity contribution in [2.24, 2.45) is 7.05 Å². The summed E-state index contributed by atoms with van der Waals surface area (Å²) >= 11 is 0. The van der Waals surface area contributed by atoms with Crippen LogP contribution in [0.25, 0.3) is 22.1 Å². The Hall–Kier alpha value is -3.22. The van der Waals surface area contributed by atoms with E-state index in [-0.39, 0.29) is 17.7 Å². The van der Waals surface area contributed by atoms with Crippen LogP contribution in [0.4, 0.5) is 0 Å². The lowest BCUT2D eigenvalue weighted by molar-refractivity contribution is 0.0705. The second kappa shape index (κ2) is 7.48. The van der Waals surface area contributed by atoms with Crippen LogP contribution in [-0.4, -0.2) is 43.6 Å². The molecule has 1 aliphatic heterocycles. The minimum atomic E-state index is 0.0177. The smallest absolute Gasteiger partial charge is 0.259 e. The highest BCUT2D eigenvalue weighted by molar-refractivity contribution is 6.06. The average molecular weight is 418 g/mol. The first kappa shape index (κ1) is 19.7. The molecule has 4 aromatic rings. The van der Waals surface area contributed by atoms with Crippen LogP contribution in [0.5, 0.6) is 0 Å². The number of piperidine rings is 1. The third-order valence-corrected chi connectivity index (χ3v) is 6.35. The monoisotopic (exact) mass is 417 g/mol. The van der Waals surface area contributed by atoms with Gasteiger partial charge in [-0.3, -0.25) is 4.79 Å². The molecule has 1 fully saturated rings. The lowest BCUT2D eigenvalue weighted by atomic mass is 9.95. The minimum absolute atomic E-state index is 0.0177. The Kier molecular flexibility index (Phi) is 4.76. The number of carbonyl (C=O) groups is 1. The summed E-state index contributed by atoms with van der Waals surface area (Å²) in [4.78, 5) is 25.1. The van der Waals surface area contributed by atoms with Gasteiger partial charge >= 0.3 is 0 Å². The van der Waals surface area contributed by atoms with Crippen molar-refractivity contribution >= 4 is 28.0 Å². The molecule has 1 atom stereocenters. The summed E-state index contributed by atoms with van der Waals surface area (Å²) in [6.45, 7) is 7.38. The molecule has 1 amide bonds. The zero-order valence-corrected chi connectivity index (χ0v) is 18.4. The molecule has 0 bridgehead atoms. The number of imidazole rings is 1. The fourth-order valence-corrected chi connectivity index (χ4v) is 4.65. The summed E-state index contributed by atoms with van der Waals surface area (Å²) in [6, 6.07) is 10.1. The molecule has 0 N–H and O–H groups in total. The molecule has 0 saturated carbocycles. The van der Waals surface area contributed by atoms with Crippen molar-refractivity contribution in [2.45, 2.75) is 45.4 Å². The highest BCUT2D eigenvalue weighted by atomic mass is 16.5. The first-order valence-electron chi connectivity index (χ1n) is 10.9. The third-order valence-electron chi connectivity index (χ3n) is 6.35. The maximum atomic E-state index is 13.7. The molecular weight excluding hydrogens is 390 g/mol. The molecule has 31 heavy (non-hydrogen) atoms. The second-order valence-corrected chi connectivity index (χ2v) is 8.81. The first-order chi connectivity index (χ1) is 14.9. The molecule has 7 heteroatoms. The Bertz CT molecular complexity index is 1290. The number of para-hydroxylation sites is 2. The maximum absolute atomic E-state index is 13.7. The minimum Gasteiger partial charge on any atom is -0.338 e. The molecule has 0 radical (unpaired) electrons. The van der Waals surface area contributed by atoms with Gasteiger partial charge in [0.1, 0.15) is 5.82 Å². The quantitative estimate of drug-likeness (QED) is 0.488. The highest BCUT2D eigenvalue weighted by Crippen LogP contribution is 2.31. The number of hydrogen-bond acceptors (Lipinski definition) is 5. The van der Waals surface area contributed by atoms with Gasteiger partial charge in [-0.2, -0.15) is 0 Å². The van der Waals surface area contributed by atoms with E-state index >= 15 is 0 Å². The lowest BCUT2D eigenvalue weighted by Crippen LogP contribution is -2.40. The van der Waals surface area contributed by atoms with Gasteiger partial charge in [-0.15, -0.1) is 0 Å². The fraction of sp³-hybridized carbons (Fsp3) is 0.417. The van der Waals surface area contributed by atoms with Crippen molar-refractivity contribution in [1.82, 2.24) is 24.6 Å². The molecular formula is C24H27N5O2. The van der Waals surface area contributed by atoms with Gasteiger partial charge in [0, 0.05) is 31.7 Å². The summed E-state index contributed by atoms with van der Waals surface area (Å²) in [5.74, 6) is 1.46. The molecule has 4 heterocycles. The third kappa shape index (κ3) is 3.28. The number of likely N-dealkylation sites (tertiary alicyclic amines) is 1. The van der Waals surface area contributed by atoms with Crippen LogP contribution in [0.1, 0.15) is 66.1 Å². The van der Waals surface area contributed by atoms with E-state index in [1.54, 1.807) is 0 Å². The van der Waals surface area contributed by atoms with Gasteiger partial charge in [0.15, 0.2) is 0 Å². The van der Waals surface area contributed by atoms with E-state index in [9.17, 15) is 4.79 Å². The lowest BCUT2D eigenvalue weighted by Gasteiger charge is -2.32. The van der Waals surface area contributed by atoms with Gasteiger partial charge < -0.3 is 14.0 Å².